The van der Waals surface area contributed by atoms with Crippen molar-refractivity contribution in [2.45, 2.75) is 6.92 Å². The van der Waals surface area contributed by atoms with Crippen LogP contribution in [0.15, 0.2) is 63.8 Å². The van der Waals surface area contributed by atoms with Gasteiger partial charge in [-0.1, -0.05) is 29.3 Å². The van der Waals surface area contributed by atoms with Crippen LogP contribution in [0.5, 0.6) is 17.2 Å². The largest absolute Gasteiger partial charge is 0.506 e. The van der Waals surface area contributed by atoms with Gasteiger partial charge < -0.3 is 59.3 Å². The number of aliphatic carboxylic acids is 4. The summed E-state index contributed by atoms with van der Waals surface area (Å²) >= 11 is 12.5. The zero-order valence-electron chi connectivity index (χ0n) is 29.1. The number of aryl methyl sites for hydroxylation is 1. The Morgan fingerprint density at radius 3 is 1.82 bits per heavy atom. The zero-order chi connectivity index (χ0) is 41.0. The van der Waals surface area contributed by atoms with E-state index < -0.39 is 62.6 Å². The second kappa shape index (κ2) is 17.1. The van der Waals surface area contributed by atoms with E-state index in [-0.39, 0.29) is 90.8 Å². The highest BCUT2D eigenvalue weighted by atomic mass is 35.5. The monoisotopic (exact) mass is 812 g/mol. The van der Waals surface area contributed by atoms with Crippen LogP contribution >= 0.6 is 23.2 Å². The summed E-state index contributed by atoms with van der Waals surface area (Å²) in [4.78, 5) is 61.4. The lowest BCUT2D eigenvalue weighted by Crippen LogP contribution is -2.37. The molecule has 56 heavy (non-hydrogen) atoms. The Morgan fingerprint density at radius 2 is 1.27 bits per heavy atom. The minimum absolute atomic E-state index is 0.00151. The van der Waals surface area contributed by atoms with Crippen LogP contribution in [0.3, 0.4) is 0 Å². The van der Waals surface area contributed by atoms with Gasteiger partial charge in [0.25, 0.3) is 0 Å². The van der Waals surface area contributed by atoms with Crippen LogP contribution in [0, 0.1) is 6.92 Å². The molecule has 17 nitrogen and oxygen atoms in total. The number of carboxylic acids is 4. The van der Waals surface area contributed by atoms with Crippen molar-refractivity contribution in [2.75, 3.05) is 49.2 Å². The van der Waals surface area contributed by atoms with Crippen molar-refractivity contribution in [1.82, 2.24) is 0 Å². The summed E-state index contributed by atoms with van der Waals surface area (Å²) < 4.78 is 17.9. The highest BCUT2D eigenvalue weighted by Gasteiger charge is 2.29. The van der Waals surface area contributed by atoms with Crippen LogP contribution in [0.2, 0.25) is 10.0 Å². The van der Waals surface area contributed by atoms with Gasteiger partial charge in [-0.3, -0.25) is 24.0 Å². The molecular weight excluding hydrogens is 782 g/mol. The second-order valence-electron chi connectivity index (χ2n) is 12.3. The van der Waals surface area contributed by atoms with Crippen molar-refractivity contribution < 1.29 is 68.6 Å². The first-order valence-electron chi connectivity index (χ1n) is 16.3. The molecule has 0 saturated heterocycles. The third-order valence-electron chi connectivity index (χ3n) is 8.22. The number of fused-ring (bicyclic) bond motifs is 2. The van der Waals surface area contributed by atoms with E-state index >= 15 is 0 Å². The van der Waals surface area contributed by atoms with E-state index in [0.29, 0.717) is 5.56 Å². The highest BCUT2D eigenvalue weighted by molar-refractivity contribution is 6.61. The molecule has 0 atom stereocenters. The number of rotatable bonds is 17. The number of hydrogen-bond donors (Lipinski definition) is 7. The van der Waals surface area contributed by atoms with E-state index in [9.17, 15) is 59.6 Å². The van der Waals surface area contributed by atoms with Crippen molar-refractivity contribution in [3.05, 3.63) is 80.4 Å². The molecule has 0 fully saturated rings. The number of aromatic hydroxyl groups is 1. The molecule has 7 N–H and O–H groups in total. The van der Waals surface area contributed by atoms with Crippen LogP contribution in [0.1, 0.15) is 5.56 Å². The van der Waals surface area contributed by atoms with Gasteiger partial charge >= 0.3 is 31.0 Å². The average Bonchev–Trinajstić information content (AvgIpc) is 3.09. The zero-order valence-corrected chi connectivity index (χ0v) is 30.6. The van der Waals surface area contributed by atoms with Crippen molar-refractivity contribution in [3.8, 4) is 39.7 Å². The summed E-state index contributed by atoms with van der Waals surface area (Å²) in [5.74, 6) is -5.95. The predicted molar refractivity (Wildman–Crippen MR) is 203 cm³/mol. The summed E-state index contributed by atoms with van der Waals surface area (Å²) in [6.45, 7) is -1.98. The fourth-order valence-corrected chi connectivity index (χ4v) is 6.30. The highest BCUT2D eigenvalue weighted by Crippen LogP contribution is 2.45. The lowest BCUT2D eigenvalue weighted by atomic mass is 9.73. The maximum atomic E-state index is 12.6. The molecule has 2 aliphatic rings. The number of carboxylic acid groups (broad SMARTS) is 4. The third kappa shape index (κ3) is 9.35. The molecule has 3 aromatic carbocycles. The lowest BCUT2D eigenvalue weighted by molar-refractivity contribution is -0.138. The first-order chi connectivity index (χ1) is 26.4. The van der Waals surface area contributed by atoms with Gasteiger partial charge in [-0.2, -0.15) is 0 Å². The Bertz CT molecular complexity index is 2350. The van der Waals surface area contributed by atoms with E-state index in [4.69, 9.17) is 37.1 Å². The molecule has 1 heterocycles. The van der Waals surface area contributed by atoms with Crippen molar-refractivity contribution in [1.29, 1.82) is 0 Å². The van der Waals surface area contributed by atoms with Crippen molar-refractivity contribution in [3.63, 3.8) is 0 Å². The molecular formula is C36H31BCl2N2O15. The number of halogens is 2. The van der Waals surface area contributed by atoms with Crippen LogP contribution in [0.4, 0.5) is 11.4 Å². The molecule has 0 aromatic heterocycles. The van der Waals surface area contributed by atoms with E-state index in [1.165, 1.54) is 30.3 Å². The predicted octanol–water partition coefficient (Wildman–Crippen LogP) is 2.97. The maximum Gasteiger partial charge on any atom is 0.489 e. The minimum Gasteiger partial charge on any atom is -0.506 e. The fraction of sp³-hybridized carbons (Fsp3) is 0.194. The first kappa shape index (κ1) is 41.0. The first-order valence-corrected chi connectivity index (χ1v) is 17.0. The topological polar surface area (TPSA) is 265 Å². The third-order valence-corrected chi connectivity index (χ3v) is 8.82. The molecule has 20 heteroatoms. The Balaban J connectivity index is 1.67. The molecule has 0 amide bonds. The van der Waals surface area contributed by atoms with E-state index in [1.54, 1.807) is 19.1 Å². The molecule has 1 aliphatic carbocycles. The molecule has 0 unspecified atom stereocenters. The van der Waals surface area contributed by atoms with Crippen LogP contribution in [0.25, 0.3) is 33.4 Å². The number of anilines is 2. The molecule has 0 radical (unpaired) electrons. The van der Waals surface area contributed by atoms with E-state index in [1.807, 2.05) is 0 Å². The van der Waals surface area contributed by atoms with Crippen molar-refractivity contribution in [2.24, 2.45) is 0 Å². The molecule has 3 aromatic rings. The van der Waals surface area contributed by atoms with E-state index in [0.717, 1.165) is 21.9 Å². The number of hydrogen-bond acceptors (Lipinski definition) is 13. The number of phenols is 1. The number of nitrogens with zero attached hydrogens (tertiary/aromatic N) is 2. The quantitative estimate of drug-likeness (QED) is 0.0404. The second-order valence-corrected chi connectivity index (χ2v) is 13.1. The Kier molecular flexibility index (Phi) is 12.5. The smallest absolute Gasteiger partial charge is 0.489 e. The summed E-state index contributed by atoms with van der Waals surface area (Å²) in [5.41, 5.74) is 0.0414. The molecule has 292 valence electrons. The van der Waals surface area contributed by atoms with Gasteiger partial charge in [0, 0.05) is 28.6 Å². The summed E-state index contributed by atoms with van der Waals surface area (Å²) in [5, 5.41) is 69.8. The van der Waals surface area contributed by atoms with Crippen molar-refractivity contribution >= 4 is 82.0 Å². The number of carbonyl (C=O) groups is 4. The Labute approximate surface area is 326 Å². The molecule has 0 spiro atoms. The maximum absolute atomic E-state index is 12.6. The van der Waals surface area contributed by atoms with Gasteiger partial charge in [0.2, 0.25) is 5.43 Å². The van der Waals surface area contributed by atoms with Gasteiger partial charge in [-0.25, -0.2) is 0 Å². The molecule has 1 aliphatic heterocycles. The average molecular weight is 813 g/mol. The van der Waals surface area contributed by atoms with Gasteiger partial charge in [-0.05, 0) is 59.9 Å². The number of ether oxygens (including phenoxy) is 2. The minimum atomic E-state index is -2.28. The van der Waals surface area contributed by atoms with Crippen LogP contribution in [-0.4, -0.2) is 106 Å². The fourth-order valence-electron chi connectivity index (χ4n) is 5.98. The SMILES string of the molecule is Cc1ccc(N(CC(=O)O)CC(=O)O)c(OCCOc2cc(-c3c4cc(Cl)c(=O)cc-4oc4cc(O)c(Cl)cc34)c(B(O)O)cc2N(CC(=O)O)CC(=O)O)c1. The van der Waals surface area contributed by atoms with E-state index in [2.05, 4.69) is 0 Å². The molecule has 0 saturated carbocycles. The van der Waals surface area contributed by atoms with Gasteiger partial charge in [0.15, 0.2) is 0 Å². The summed E-state index contributed by atoms with van der Waals surface area (Å²) in [6, 6.07) is 11.9. The normalized spacial score (nSPS) is 11.0. The van der Waals surface area contributed by atoms with Gasteiger partial charge in [-0.15, -0.1) is 0 Å². The number of phenolic OH excluding ortho intramolecular Hbond substituents is 1. The van der Waals surface area contributed by atoms with Gasteiger partial charge in [0.1, 0.15) is 68.0 Å². The Hall–Kier alpha value is -6.21. The number of benzene rings is 4. The van der Waals surface area contributed by atoms with Gasteiger partial charge in [0.05, 0.1) is 21.4 Å². The summed E-state index contributed by atoms with van der Waals surface area (Å²) in [7, 11) is -2.28. The van der Waals surface area contributed by atoms with Crippen LogP contribution < -0.4 is 30.2 Å². The lowest BCUT2D eigenvalue weighted by Gasteiger charge is -2.27. The standard InChI is InChI=1S/C36H31BCl2N2O15/c1-17-2-3-24(40(13-32(44)45)14-33(46)47)30(6-17)54-4-5-55-31-9-18(21(37(52)53)10-25(31)41(15-34(48)49)16-35(50)51)36-19-7-22(38)26(42)11-28(19)56-29-12-27(43)23(39)8-20(29)36/h2-3,6-12,42,52-53H,4-5,13-16H2,1H3,(H,44,45)(H,46,47)(H,48,49)(H,50,51). The molecule has 5 rings (SSSR count). The summed E-state index contributed by atoms with van der Waals surface area (Å²) in [6.07, 6.45) is 0. The molecule has 0 bridgehead atoms. The Morgan fingerprint density at radius 1 is 0.714 bits per heavy atom. The van der Waals surface area contributed by atoms with Crippen LogP contribution in [-0.2, 0) is 19.2 Å².